The van der Waals surface area contributed by atoms with Crippen LogP contribution in [-0.2, 0) is 6.42 Å². The van der Waals surface area contributed by atoms with E-state index in [-0.39, 0.29) is 0 Å². The second kappa shape index (κ2) is 8.92. The van der Waals surface area contributed by atoms with Gasteiger partial charge in [0.2, 0.25) is 0 Å². The van der Waals surface area contributed by atoms with Gasteiger partial charge in [0.1, 0.15) is 0 Å². The first-order valence-electron chi connectivity index (χ1n) is 7.57. The fourth-order valence-electron chi connectivity index (χ4n) is 2.42. The van der Waals surface area contributed by atoms with Crippen molar-refractivity contribution in [3.05, 3.63) is 47.5 Å². The second-order valence-electron chi connectivity index (χ2n) is 5.50. The zero-order valence-electron chi connectivity index (χ0n) is 12.8. The van der Waals surface area contributed by atoms with Crippen LogP contribution in [0.2, 0.25) is 0 Å². The largest absolute Gasteiger partial charge is 0.314 e. The molecule has 0 bridgehead atoms. The van der Waals surface area contributed by atoms with Crippen LogP contribution >= 0.6 is 0 Å². The molecule has 1 heteroatoms. The number of hydrogen-bond donors (Lipinski definition) is 1. The van der Waals surface area contributed by atoms with Crippen molar-refractivity contribution in [2.45, 2.75) is 58.9 Å². The van der Waals surface area contributed by atoms with Crippen LogP contribution in [0.4, 0.5) is 0 Å². The van der Waals surface area contributed by atoms with Crippen molar-refractivity contribution in [1.29, 1.82) is 0 Å². The first-order valence-corrected chi connectivity index (χ1v) is 7.57. The van der Waals surface area contributed by atoms with E-state index >= 15 is 0 Å². The third-order valence-corrected chi connectivity index (χ3v) is 3.61. The van der Waals surface area contributed by atoms with Crippen molar-refractivity contribution in [3.63, 3.8) is 0 Å². The van der Waals surface area contributed by atoms with Gasteiger partial charge in [-0.15, -0.1) is 6.58 Å². The summed E-state index contributed by atoms with van der Waals surface area (Å²) in [5.74, 6) is 0. The maximum absolute atomic E-state index is 3.81. The number of benzene rings is 1. The number of nitrogens with one attached hydrogen (secondary N) is 1. The Morgan fingerprint density at radius 2 is 2.11 bits per heavy atom. The van der Waals surface area contributed by atoms with E-state index < -0.39 is 0 Å². The molecular weight excluding hydrogens is 230 g/mol. The molecule has 0 radical (unpaired) electrons. The van der Waals surface area contributed by atoms with Crippen molar-refractivity contribution in [3.8, 4) is 0 Å². The van der Waals surface area contributed by atoms with E-state index in [0.717, 1.165) is 19.4 Å². The van der Waals surface area contributed by atoms with E-state index in [0.29, 0.717) is 6.04 Å². The summed E-state index contributed by atoms with van der Waals surface area (Å²) in [7, 11) is 0. The van der Waals surface area contributed by atoms with Gasteiger partial charge in [0.05, 0.1) is 0 Å². The molecule has 1 rings (SSSR count). The lowest BCUT2D eigenvalue weighted by Gasteiger charge is -2.20. The van der Waals surface area contributed by atoms with Gasteiger partial charge in [-0.05, 0) is 63.6 Å². The zero-order chi connectivity index (χ0) is 14.1. The van der Waals surface area contributed by atoms with E-state index in [1.54, 1.807) is 0 Å². The predicted molar refractivity (Wildman–Crippen MR) is 85.7 cm³/mol. The van der Waals surface area contributed by atoms with E-state index in [9.17, 15) is 0 Å². The van der Waals surface area contributed by atoms with E-state index in [1.165, 1.54) is 36.0 Å². The van der Waals surface area contributed by atoms with Gasteiger partial charge >= 0.3 is 0 Å². The van der Waals surface area contributed by atoms with Crippen LogP contribution in [0.1, 0.15) is 49.3 Å². The molecule has 0 spiro atoms. The number of hydrogen-bond acceptors (Lipinski definition) is 1. The molecule has 0 saturated heterocycles. The minimum atomic E-state index is 0.598. The maximum atomic E-state index is 3.81. The lowest BCUT2D eigenvalue weighted by atomic mass is 9.96. The quantitative estimate of drug-likeness (QED) is 0.506. The Morgan fingerprint density at radius 3 is 2.79 bits per heavy atom. The summed E-state index contributed by atoms with van der Waals surface area (Å²) >= 11 is 0. The molecule has 1 atom stereocenters. The Balaban J connectivity index is 2.63. The predicted octanol–water partition coefficient (Wildman–Crippen LogP) is 4.57. The molecule has 0 aliphatic heterocycles. The molecular formula is C18H29N. The molecule has 1 aromatic carbocycles. The minimum absolute atomic E-state index is 0.598. The molecule has 0 aliphatic rings. The van der Waals surface area contributed by atoms with Gasteiger partial charge < -0.3 is 5.32 Å². The second-order valence-corrected chi connectivity index (χ2v) is 5.50. The summed E-state index contributed by atoms with van der Waals surface area (Å²) in [5, 5.41) is 3.69. The zero-order valence-corrected chi connectivity index (χ0v) is 12.8. The Bertz CT molecular complexity index is 381. The van der Waals surface area contributed by atoms with E-state index in [1.807, 2.05) is 6.08 Å². The first kappa shape index (κ1) is 16.0. The highest BCUT2D eigenvalue weighted by Crippen LogP contribution is 2.15. The topological polar surface area (TPSA) is 12.0 Å². The van der Waals surface area contributed by atoms with Gasteiger partial charge in [0.25, 0.3) is 0 Å². The van der Waals surface area contributed by atoms with Crippen molar-refractivity contribution >= 4 is 0 Å². The molecule has 1 aromatic rings. The van der Waals surface area contributed by atoms with E-state index in [2.05, 4.69) is 50.9 Å². The molecule has 0 aromatic heterocycles. The van der Waals surface area contributed by atoms with E-state index in [4.69, 9.17) is 0 Å². The molecule has 19 heavy (non-hydrogen) atoms. The third kappa shape index (κ3) is 6.07. The van der Waals surface area contributed by atoms with Crippen LogP contribution in [0.25, 0.3) is 0 Å². The van der Waals surface area contributed by atoms with Gasteiger partial charge in [-0.2, -0.15) is 0 Å². The molecule has 106 valence electrons. The summed E-state index contributed by atoms with van der Waals surface area (Å²) in [6.07, 6.45) is 7.95. The maximum Gasteiger partial charge on any atom is 0.0108 e. The van der Waals surface area contributed by atoms with Crippen LogP contribution in [0.15, 0.2) is 30.9 Å². The molecule has 0 amide bonds. The Morgan fingerprint density at radius 1 is 1.32 bits per heavy atom. The smallest absolute Gasteiger partial charge is 0.0108 e. The molecule has 0 heterocycles. The first-order chi connectivity index (χ1) is 9.17. The highest BCUT2D eigenvalue weighted by atomic mass is 14.9. The van der Waals surface area contributed by atoms with Crippen LogP contribution < -0.4 is 5.32 Å². The van der Waals surface area contributed by atoms with Crippen LogP contribution in [0.3, 0.4) is 0 Å². The summed E-state index contributed by atoms with van der Waals surface area (Å²) in [5.41, 5.74) is 4.27. The monoisotopic (exact) mass is 259 g/mol. The molecule has 1 nitrogen and oxygen atoms in total. The standard InChI is InChI=1S/C18H29N/c1-5-7-8-9-18(19-12-6-2)14-17-13-15(3)10-11-16(17)4/h5,10-11,13,18-19H,1,6-9,12,14H2,2-4H3. The van der Waals surface area contributed by atoms with Crippen LogP contribution in [0.5, 0.6) is 0 Å². The van der Waals surface area contributed by atoms with Crippen LogP contribution in [-0.4, -0.2) is 12.6 Å². The summed E-state index contributed by atoms with van der Waals surface area (Å²) in [4.78, 5) is 0. The highest BCUT2D eigenvalue weighted by molar-refractivity contribution is 5.31. The molecule has 0 fully saturated rings. The van der Waals surface area contributed by atoms with Crippen molar-refractivity contribution in [2.24, 2.45) is 0 Å². The third-order valence-electron chi connectivity index (χ3n) is 3.61. The van der Waals surface area contributed by atoms with Crippen LogP contribution in [0, 0.1) is 13.8 Å². The Hall–Kier alpha value is -1.08. The molecule has 1 N–H and O–H groups in total. The average Bonchev–Trinajstić information content (AvgIpc) is 2.40. The van der Waals surface area contributed by atoms with Gasteiger partial charge in [0, 0.05) is 6.04 Å². The fraction of sp³-hybridized carbons (Fsp3) is 0.556. The number of rotatable bonds is 9. The SMILES string of the molecule is C=CCCCC(Cc1cc(C)ccc1C)NCCC. The number of aryl methyl sites for hydroxylation is 2. The Kier molecular flexibility index (Phi) is 7.50. The number of allylic oxidation sites excluding steroid dienone is 1. The molecule has 0 saturated carbocycles. The minimum Gasteiger partial charge on any atom is -0.314 e. The fourth-order valence-corrected chi connectivity index (χ4v) is 2.42. The summed E-state index contributed by atoms with van der Waals surface area (Å²) < 4.78 is 0. The van der Waals surface area contributed by atoms with Gasteiger partial charge in [0.15, 0.2) is 0 Å². The Labute approximate surface area is 119 Å². The highest BCUT2D eigenvalue weighted by Gasteiger charge is 2.10. The van der Waals surface area contributed by atoms with Crippen molar-refractivity contribution < 1.29 is 0 Å². The lowest BCUT2D eigenvalue weighted by Crippen LogP contribution is -2.32. The lowest BCUT2D eigenvalue weighted by molar-refractivity contribution is 0.465. The van der Waals surface area contributed by atoms with Gasteiger partial charge in [-0.25, -0.2) is 0 Å². The van der Waals surface area contributed by atoms with Crippen molar-refractivity contribution in [2.75, 3.05) is 6.54 Å². The summed E-state index contributed by atoms with van der Waals surface area (Å²) in [6, 6.07) is 7.38. The number of unbranched alkanes of at least 4 members (excludes halogenated alkanes) is 1. The van der Waals surface area contributed by atoms with Gasteiger partial charge in [-0.3, -0.25) is 0 Å². The average molecular weight is 259 g/mol. The normalized spacial score (nSPS) is 12.4. The molecule has 0 aliphatic carbocycles. The van der Waals surface area contributed by atoms with Crippen molar-refractivity contribution in [1.82, 2.24) is 5.32 Å². The van der Waals surface area contributed by atoms with Gasteiger partial charge in [-0.1, -0.05) is 36.8 Å². The molecule has 1 unspecified atom stereocenters. The summed E-state index contributed by atoms with van der Waals surface area (Å²) in [6.45, 7) is 11.5.